The molecule has 0 bridgehead atoms. The van der Waals surface area contributed by atoms with Crippen molar-refractivity contribution < 1.29 is 17.6 Å². The quantitative estimate of drug-likeness (QED) is 0.438. The highest BCUT2D eigenvalue weighted by Crippen LogP contribution is 2.49. The molecule has 7 heteroatoms. The molecule has 0 radical (unpaired) electrons. The van der Waals surface area contributed by atoms with Crippen LogP contribution in [0.1, 0.15) is 5.56 Å². The van der Waals surface area contributed by atoms with Crippen molar-refractivity contribution in [2.45, 2.75) is 18.3 Å². The number of fused-ring (bicyclic) bond motifs is 5. The van der Waals surface area contributed by atoms with Crippen LogP contribution >= 0.6 is 0 Å². The topological polar surface area (TPSA) is 29.9 Å². The Morgan fingerprint density at radius 3 is 2.38 bits per heavy atom. The molecule has 1 unspecified atom stereocenters. The first-order valence-electron chi connectivity index (χ1n) is 9.07. The van der Waals surface area contributed by atoms with Crippen LogP contribution in [-0.4, -0.2) is 16.0 Å². The third kappa shape index (κ3) is 2.53. The van der Waals surface area contributed by atoms with Crippen molar-refractivity contribution >= 4 is 16.6 Å². The van der Waals surface area contributed by atoms with E-state index in [2.05, 4.69) is 10.4 Å². The molecule has 4 aromatic rings. The predicted octanol–water partition coefficient (Wildman–Crippen LogP) is 5.73. The van der Waals surface area contributed by atoms with Gasteiger partial charge in [0.25, 0.3) is 0 Å². The van der Waals surface area contributed by atoms with Gasteiger partial charge in [-0.25, -0.2) is 9.07 Å². The molecular formula is C22H15F4N3. The Labute approximate surface area is 163 Å². The Hall–Kier alpha value is -3.35. The molecule has 0 amide bonds. The van der Waals surface area contributed by atoms with Gasteiger partial charge in [-0.2, -0.15) is 18.3 Å². The van der Waals surface area contributed by atoms with Gasteiger partial charge in [0.15, 0.2) is 0 Å². The summed E-state index contributed by atoms with van der Waals surface area (Å²) in [5.74, 6) is -0.756. The van der Waals surface area contributed by atoms with Gasteiger partial charge >= 0.3 is 6.18 Å². The number of benzene rings is 3. The summed E-state index contributed by atoms with van der Waals surface area (Å²) in [6.07, 6.45) is -5.17. The lowest BCUT2D eigenvalue weighted by atomic mass is 9.88. The highest BCUT2D eigenvalue weighted by molar-refractivity contribution is 5.95. The van der Waals surface area contributed by atoms with Crippen molar-refractivity contribution in [2.75, 3.05) is 5.32 Å². The number of anilines is 1. The van der Waals surface area contributed by atoms with Gasteiger partial charge in [-0.1, -0.05) is 54.6 Å². The lowest BCUT2D eigenvalue weighted by Crippen LogP contribution is -2.57. The van der Waals surface area contributed by atoms with Gasteiger partial charge in [0, 0.05) is 17.4 Å². The fraction of sp³-hybridized carbons (Fsp3) is 0.136. The molecule has 1 aliphatic heterocycles. The zero-order valence-corrected chi connectivity index (χ0v) is 15.0. The minimum atomic E-state index is -4.75. The first kappa shape index (κ1) is 17.7. The molecule has 146 valence electrons. The zero-order chi connectivity index (χ0) is 20.2. The molecule has 3 aromatic carbocycles. The summed E-state index contributed by atoms with van der Waals surface area (Å²) in [7, 11) is 0. The first-order chi connectivity index (χ1) is 13.9. The minimum absolute atomic E-state index is 0.227. The van der Waals surface area contributed by atoms with E-state index in [1.54, 1.807) is 48.5 Å². The van der Waals surface area contributed by atoms with Crippen molar-refractivity contribution in [3.05, 3.63) is 84.2 Å². The molecule has 1 N–H and O–H groups in total. The minimum Gasteiger partial charge on any atom is -0.351 e. The smallest absolute Gasteiger partial charge is 0.351 e. The number of aromatic nitrogens is 2. The molecule has 0 aliphatic carbocycles. The number of hydrogen-bond acceptors (Lipinski definition) is 2. The molecule has 0 spiro atoms. The van der Waals surface area contributed by atoms with E-state index >= 15 is 0 Å². The molecule has 0 saturated carbocycles. The maximum absolute atomic E-state index is 14.7. The number of alkyl halides is 3. The van der Waals surface area contributed by atoms with Crippen LogP contribution in [0.3, 0.4) is 0 Å². The molecule has 3 nitrogen and oxygen atoms in total. The predicted molar refractivity (Wildman–Crippen MR) is 103 cm³/mol. The second kappa shape index (κ2) is 6.07. The second-order valence-electron chi connectivity index (χ2n) is 7.07. The van der Waals surface area contributed by atoms with Crippen LogP contribution < -0.4 is 5.32 Å². The highest BCUT2D eigenvalue weighted by Gasteiger charge is 2.60. The molecule has 29 heavy (non-hydrogen) atoms. The molecular weight excluding hydrogens is 382 g/mol. The van der Waals surface area contributed by atoms with Gasteiger partial charge in [-0.05, 0) is 23.8 Å². The summed E-state index contributed by atoms with van der Waals surface area (Å²) in [6, 6.07) is 19.2. The van der Waals surface area contributed by atoms with Crippen LogP contribution in [0.5, 0.6) is 0 Å². The fourth-order valence-corrected chi connectivity index (χ4v) is 4.00. The Morgan fingerprint density at radius 1 is 0.897 bits per heavy atom. The maximum atomic E-state index is 14.7. The fourth-order valence-electron chi connectivity index (χ4n) is 4.00. The average molecular weight is 397 g/mol. The lowest BCUT2D eigenvalue weighted by molar-refractivity contribution is -0.208. The van der Waals surface area contributed by atoms with Crippen molar-refractivity contribution in [3.63, 3.8) is 0 Å². The Kier molecular flexibility index (Phi) is 3.71. The number of nitrogens with zero attached hydrogens (tertiary/aromatic N) is 2. The Bertz CT molecular complexity index is 1230. The van der Waals surface area contributed by atoms with Crippen LogP contribution in [-0.2, 0) is 12.1 Å². The molecule has 1 aliphatic rings. The Balaban J connectivity index is 1.85. The van der Waals surface area contributed by atoms with E-state index in [9.17, 15) is 17.6 Å². The van der Waals surface area contributed by atoms with E-state index < -0.39 is 24.1 Å². The lowest BCUT2D eigenvalue weighted by Gasteiger charge is -2.41. The van der Waals surface area contributed by atoms with Crippen LogP contribution in [0.25, 0.3) is 22.2 Å². The summed E-state index contributed by atoms with van der Waals surface area (Å²) >= 11 is 0. The number of para-hydroxylation sites is 1. The molecule has 1 atom stereocenters. The standard InChI is InChI=1S/C22H15F4N3/c23-17-10-4-6-12-19(17)27-21(22(24,25)26)13-14-7-1-2-8-15(14)20-16-9-3-5-11-18(16)28-29(20)21/h1-12,27H,13H2. The summed E-state index contributed by atoms with van der Waals surface area (Å²) in [6.45, 7) is 0. The third-order valence-electron chi connectivity index (χ3n) is 5.34. The van der Waals surface area contributed by atoms with Crippen molar-refractivity contribution in [3.8, 4) is 11.3 Å². The molecule has 1 aromatic heterocycles. The maximum Gasteiger partial charge on any atom is 0.432 e. The summed E-state index contributed by atoms with van der Waals surface area (Å²) in [5.41, 5.74) is -0.831. The van der Waals surface area contributed by atoms with Crippen LogP contribution in [0, 0.1) is 5.82 Å². The average Bonchev–Trinajstić information content (AvgIpc) is 3.09. The number of rotatable bonds is 2. The second-order valence-corrected chi connectivity index (χ2v) is 7.07. The van der Waals surface area contributed by atoms with Gasteiger partial charge in [0.05, 0.1) is 16.9 Å². The molecule has 2 heterocycles. The first-order valence-corrected chi connectivity index (χ1v) is 9.07. The zero-order valence-electron chi connectivity index (χ0n) is 15.0. The molecule has 0 fully saturated rings. The normalized spacial score (nSPS) is 18.3. The van der Waals surface area contributed by atoms with E-state index in [4.69, 9.17) is 0 Å². The van der Waals surface area contributed by atoms with Gasteiger partial charge in [-0.15, -0.1) is 0 Å². The third-order valence-corrected chi connectivity index (χ3v) is 5.34. The van der Waals surface area contributed by atoms with Crippen molar-refractivity contribution in [2.24, 2.45) is 0 Å². The van der Waals surface area contributed by atoms with Gasteiger partial charge in [0.1, 0.15) is 5.82 Å². The van der Waals surface area contributed by atoms with E-state index in [1.165, 1.54) is 18.2 Å². The van der Waals surface area contributed by atoms with Crippen LogP contribution in [0.15, 0.2) is 72.8 Å². The number of nitrogens with one attached hydrogen (secondary N) is 1. The summed E-state index contributed by atoms with van der Waals surface area (Å²) in [5, 5.41) is 7.39. The monoisotopic (exact) mass is 397 g/mol. The summed E-state index contributed by atoms with van der Waals surface area (Å²) < 4.78 is 59.3. The van der Waals surface area contributed by atoms with E-state index in [0.29, 0.717) is 27.7 Å². The van der Waals surface area contributed by atoms with Crippen molar-refractivity contribution in [1.82, 2.24) is 9.78 Å². The number of hydrogen-bond donors (Lipinski definition) is 1. The largest absolute Gasteiger partial charge is 0.432 e. The highest BCUT2D eigenvalue weighted by atomic mass is 19.4. The Morgan fingerprint density at radius 2 is 1.59 bits per heavy atom. The molecule has 5 rings (SSSR count). The van der Waals surface area contributed by atoms with E-state index in [0.717, 1.165) is 10.7 Å². The van der Waals surface area contributed by atoms with E-state index in [-0.39, 0.29) is 5.69 Å². The van der Waals surface area contributed by atoms with Gasteiger partial charge < -0.3 is 5.32 Å². The van der Waals surface area contributed by atoms with Crippen LogP contribution in [0.2, 0.25) is 0 Å². The SMILES string of the molecule is Fc1ccccc1NC1(C(F)(F)F)Cc2ccccc2-c2c3ccccc3nn21. The van der Waals surface area contributed by atoms with Crippen molar-refractivity contribution in [1.29, 1.82) is 0 Å². The number of halogens is 4. The van der Waals surface area contributed by atoms with Gasteiger partial charge in [0.2, 0.25) is 5.66 Å². The molecule has 0 saturated heterocycles. The van der Waals surface area contributed by atoms with Crippen LogP contribution in [0.4, 0.5) is 23.2 Å². The van der Waals surface area contributed by atoms with E-state index in [1.807, 2.05) is 0 Å². The summed E-state index contributed by atoms with van der Waals surface area (Å²) in [4.78, 5) is 0. The van der Waals surface area contributed by atoms with Gasteiger partial charge in [-0.3, -0.25) is 0 Å².